The quantitative estimate of drug-likeness (QED) is 0.613. The van der Waals surface area contributed by atoms with Gasteiger partial charge in [0, 0.05) is 17.0 Å². The lowest BCUT2D eigenvalue weighted by atomic mass is 10.0. The van der Waals surface area contributed by atoms with Crippen LogP contribution in [0.2, 0.25) is 5.02 Å². The number of carbonyl (C=O) groups is 1. The Labute approximate surface area is 114 Å². The predicted molar refractivity (Wildman–Crippen MR) is 75.4 cm³/mol. The van der Waals surface area contributed by atoms with Crippen LogP contribution in [-0.4, -0.2) is 16.4 Å². The van der Waals surface area contributed by atoms with Crippen LogP contribution in [0, 0.1) is 0 Å². The van der Waals surface area contributed by atoms with E-state index in [4.69, 9.17) is 23.1 Å². The lowest BCUT2D eigenvalue weighted by molar-refractivity contribution is 0.0994. The van der Waals surface area contributed by atoms with Crippen molar-refractivity contribution in [1.29, 1.82) is 0 Å². The number of amides is 1. The van der Waals surface area contributed by atoms with E-state index in [0.29, 0.717) is 10.7 Å². The average molecular weight is 277 g/mol. The molecule has 19 heavy (non-hydrogen) atoms. The van der Waals surface area contributed by atoms with E-state index in [1.54, 1.807) is 6.07 Å². The third-order valence-electron chi connectivity index (χ3n) is 3.37. The van der Waals surface area contributed by atoms with E-state index < -0.39 is 5.91 Å². The molecule has 2 aromatic rings. The molecule has 0 unspecified atom stereocenters. The van der Waals surface area contributed by atoms with Gasteiger partial charge < -0.3 is 16.0 Å². The van der Waals surface area contributed by atoms with Gasteiger partial charge in [-0.25, -0.2) is 0 Å². The number of halogens is 1. The van der Waals surface area contributed by atoms with Crippen LogP contribution in [0.1, 0.15) is 22.5 Å². The third kappa shape index (κ3) is 1.86. The molecule has 0 spiro atoms. The van der Waals surface area contributed by atoms with Crippen LogP contribution in [0.25, 0.3) is 10.9 Å². The van der Waals surface area contributed by atoms with Gasteiger partial charge in [0.2, 0.25) is 0 Å². The van der Waals surface area contributed by atoms with E-state index in [1.165, 1.54) is 5.56 Å². The van der Waals surface area contributed by atoms with Gasteiger partial charge in [0.25, 0.3) is 5.91 Å². The van der Waals surface area contributed by atoms with Crippen molar-refractivity contribution in [2.24, 2.45) is 16.5 Å². The maximum absolute atomic E-state index is 12.0. The molecule has 5 nitrogen and oxygen atoms in total. The third-order valence-corrected chi connectivity index (χ3v) is 3.70. The van der Waals surface area contributed by atoms with Crippen molar-refractivity contribution >= 4 is 34.4 Å². The maximum Gasteiger partial charge on any atom is 0.296 e. The van der Waals surface area contributed by atoms with Crippen LogP contribution in [-0.2, 0) is 13.0 Å². The topological polar surface area (TPSA) is 86.4 Å². The largest absolute Gasteiger partial charge is 0.370 e. The Morgan fingerprint density at radius 2 is 2.16 bits per heavy atom. The molecule has 3 rings (SSSR count). The van der Waals surface area contributed by atoms with Gasteiger partial charge in [-0.1, -0.05) is 17.7 Å². The Morgan fingerprint density at radius 1 is 1.37 bits per heavy atom. The Bertz CT molecular complexity index is 713. The molecule has 0 radical (unpaired) electrons. The van der Waals surface area contributed by atoms with Gasteiger partial charge in [-0.3, -0.25) is 4.79 Å². The van der Waals surface area contributed by atoms with Crippen LogP contribution >= 0.6 is 11.6 Å². The standard InChI is InChI=1S/C13H13ClN4O/c14-9-4-3-7-2-1-5-18-10(6-8(9)11(7)18)12(19)17-13(15)16/h3-4,6H,1-2,5H2,(H4,15,16,17,19). The summed E-state index contributed by atoms with van der Waals surface area (Å²) in [6.07, 6.45) is 1.98. The summed E-state index contributed by atoms with van der Waals surface area (Å²) in [5, 5.41) is 1.52. The van der Waals surface area contributed by atoms with Crippen molar-refractivity contribution in [1.82, 2.24) is 4.57 Å². The number of benzene rings is 1. The maximum atomic E-state index is 12.0. The zero-order chi connectivity index (χ0) is 13.6. The van der Waals surface area contributed by atoms with E-state index in [1.807, 2.05) is 16.7 Å². The first-order valence-corrected chi connectivity index (χ1v) is 6.40. The van der Waals surface area contributed by atoms with Crippen LogP contribution in [0.3, 0.4) is 0 Å². The van der Waals surface area contributed by atoms with E-state index in [0.717, 1.165) is 30.3 Å². The summed E-state index contributed by atoms with van der Waals surface area (Å²) in [5.74, 6) is -0.662. The van der Waals surface area contributed by atoms with Gasteiger partial charge in [0.15, 0.2) is 5.96 Å². The zero-order valence-corrected chi connectivity index (χ0v) is 10.9. The number of guanidine groups is 1. The Balaban J connectivity index is 2.28. The molecule has 6 heteroatoms. The van der Waals surface area contributed by atoms with E-state index in [-0.39, 0.29) is 5.96 Å². The summed E-state index contributed by atoms with van der Waals surface area (Å²) < 4.78 is 1.95. The molecule has 0 aliphatic carbocycles. The van der Waals surface area contributed by atoms with Crippen molar-refractivity contribution in [3.05, 3.63) is 34.5 Å². The van der Waals surface area contributed by atoms with Crippen LogP contribution < -0.4 is 11.5 Å². The van der Waals surface area contributed by atoms with Gasteiger partial charge in [0.05, 0.1) is 5.52 Å². The van der Waals surface area contributed by atoms with Crippen molar-refractivity contribution in [2.45, 2.75) is 19.4 Å². The van der Waals surface area contributed by atoms with Gasteiger partial charge in [0.1, 0.15) is 5.69 Å². The van der Waals surface area contributed by atoms with E-state index >= 15 is 0 Å². The average Bonchev–Trinajstić information content (AvgIpc) is 2.75. The summed E-state index contributed by atoms with van der Waals surface area (Å²) in [6.45, 7) is 0.776. The number of aliphatic imine (C=N–C) groups is 1. The number of hydrogen-bond acceptors (Lipinski definition) is 1. The van der Waals surface area contributed by atoms with E-state index in [9.17, 15) is 4.79 Å². The minimum Gasteiger partial charge on any atom is -0.370 e. The Morgan fingerprint density at radius 3 is 2.89 bits per heavy atom. The van der Waals surface area contributed by atoms with Crippen LogP contribution in [0.15, 0.2) is 23.2 Å². The summed E-state index contributed by atoms with van der Waals surface area (Å²) in [5.41, 5.74) is 13.2. The number of carbonyl (C=O) groups excluding carboxylic acids is 1. The second-order valence-electron chi connectivity index (χ2n) is 4.60. The second kappa shape index (κ2) is 4.28. The predicted octanol–water partition coefficient (Wildman–Crippen LogP) is 1.65. The summed E-state index contributed by atoms with van der Waals surface area (Å²) in [7, 11) is 0. The first-order valence-electron chi connectivity index (χ1n) is 6.02. The SMILES string of the molecule is NC(N)=NC(=O)c1cc2c(Cl)ccc3c2n1CCC3. The Kier molecular flexibility index (Phi) is 2.71. The van der Waals surface area contributed by atoms with Crippen molar-refractivity contribution in [3.8, 4) is 0 Å². The highest BCUT2D eigenvalue weighted by Crippen LogP contribution is 2.33. The zero-order valence-electron chi connectivity index (χ0n) is 10.2. The number of aryl methyl sites for hydroxylation is 2. The normalized spacial score (nSPS) is 13.5. The summed E-state index contributed by atoms with van der Waals surface area (Å²) >= 11 is 6.20. The lowest BCUT2D eigenvalue weighted by Gasteiger charge is -2.17. The molecule has 1 aromatic heterocycles. The fraction of sp³-hybridized carbons (Fsp3) is 0.231. The Hall–Kier alpha value is -2.01. The fourth-order valence-corrected chi connectivity index (χ4v) is 2.84. The number of rotatable bonds is 1. The molecule has 98 valence electrons. The highest BCUT2D eigenvalue weighted by atomic mass is 35.5. The van der Waals surface area contributed by atoms with Crippen molar-refractivity contribution < 1.29 is 4.79 Å². The van der Waals surface area contributed by atoms with Gasteiger partial charge in [-0.05, 0) is 30.5 Å². The molecule has 1 amide bonds. The summed E-state index contributed by atoms with van der Waals surface area (Å²) in [6, 6.07) is 5.64. The highest BCUT2D eigenvalue weighted by molar-refractivity contribution is 6.35. The fourth-order valence-electron chi connectivity index (χ4n) is 2.63. The molecule has 1 aliphatic rings. The van der Waals surface area contributed by atoms with Gasteiger partial charge in [-0.2, -0.15) is 4.99 Å². The van der Waals surface area contributed by atoms with Crippen molar-refractivity contribution in [2.75, 3.05) is 0 Å². The molecule has 2 heterocycles. The molecule has 0 fully saturated rings. The van der Waals surface area contributed by atoms with Crippen LogP contribution in [0.5, 0.6) is 0 Å². The molecule has 1 aliphatic heterocycles. The number of nitrogens with two attached hydrogens (primary N) is 2. The van der Waals surface area contributed by atoms with Crippen LogP contribution in [0.4, 0.5) is 0 Å². The van der Waals surface area contributed by atoms with Crippen molar-refractivity contribution in [3.63, 3.8) is 0 Å². The van der Waals surface area contributed by atoms with E-state index in [2.05, 4.69) is 4.99 Å². The molecule has 0 bridgehead atoms. The summed E-state index contributed by atoms with van der Waals surface area (Å²) in [4.78, 5) is 15.6. The van der Waals surface area contributed by atoms with Gasteiger partial charge in [-0.15, -0.1) is 0 Å². The highest BCUT2D eigenvalue weighted by Gasteiger charge is 2.21. The monoisotopic (exact) mass is 276 g/mol. The number of hydrogen-bond donors (Lipinski definition) is 2. The minimum absolute atomic E-state index is 0.231. The number of nitrogens with zero attached hydrogens (tertiary/aromatic N) is 2. The molecular weight excluding hydrogens is 264 g/mol. The minimum atomic E-state index is -0.430. The molecule has 0 saturated carbocycles. The molecular formula is C13H13ClN4O. The molecule has 0 saturated heterocycles. The van der Waals surface area contributed by atoms with Gasteiger partial charge >= 0.3 is 0 Å². The number of aromatic nitrogens is 1. The smallest absolute Gasteiger partial charge is 0.296 e. The molecule has 0 atom stereocenters. The molecule has 1 aromatic carbocycles. The first-order chi connectivity index (χ1) is 9.08. The first kappa shape index (κ1) is 12.0. The lowest BCUT2D eigenvalue weighted by Crippen LogP contribution is -2.25. The molecule has 4 N–H and O–H groups in total. The second-order valence-corrected chi connectivity index (χ2v) is 5.00.